The van der Waals surface area contributed by atoms with Crippen molar-refractivity contribution in [1.82, 2.24) is 4.57 Å². The summed E-state index contributed by atoms with van der Waals surface area (Å²) in [6.07, 6.45) is 1.62. The zero-order valence-electron chi connectivity index (χ0n) is 16.3. The number of hydrogen-bond donors (Lipinski definition) is 1. The summed E-state index contributed by atoms with van der Waals surface area (Å²) in [5.74, 6) is -0.452. The van der Waals surface area contributed by atoms with Crippen molar-refractivity contribution in [3.05, 3.63) is 86.1 Å². The Bertz CT molecular complexity index is 1150. The largest absolute Gasteiger partial charge is 0.321 e. The van der Waals surface area contributed by atoms with Crippen molar-refractivity contribution in [2.24, 2.45) is 0 Å². The van der Waals surface area contributed by atoms with E-state index >= 15 is 0 Å². The van der Waals surface area contributed by atoms with Gasteiger partial charge in [-0.15, -0.1) is 0 Å². The standard InChI is InChI=1S/C23H19BrClN3O/c1-14-10-20(25)6-9-22(14)27-23(29)18(13-26)12-17-11-15(2)28(16(17)3)21-7-4-19(24)5-8-21/h4-12H,1-3H3,(H,27,29)/b18-12+. The number of nitrogens with zero attached hydrogens (tertiary/aromatic N) is 2. The highest BCUT2D eigenvalue weighted by Gasteiger charge is 2.15. The highest BCUT2D eigenvalue weighted by atomic mass is 79.9. The van der Waals surface area contributed by atoms with Crippen LogP contribution in [0.3, 0.4) is 0 Å². The van der Waals surface area contributed by atoms with Gasteiger partial charge in [-0.05, 0) is 86.5 Å². The molecule has 146 valence electrons. The number of rotatable bonds is 4. The first-order chi connectivity index (χ1) is 13.8. The van der Waals surface area contributed by atoms with Crippen LogP contribution >= 0.6 is 27.5 Å². The van der Waals surface area contributed by atoms with Crippen molar-refractivity contribution in [2.75, 3.05) is 5.32 Å². The number of nitrogens with one attached hydrogen (secondary N) is 1. The van der Waals surface area contributed by atoms with Crippen LogP contribution in [0.4, 0.5) is 5.69 Å². The molecule has 0 bridgehead atoms. The average Bonchev–Trinajstić information content (AvgIpc) is 2.96. The number of amides is 1. The number of nitriles is 1. The lowest BCUT2D eigenvalue weighted by atomic mass is 10.1. The average molecular weight is 469 g/mol. The Hall–Kier alpha value is -2.81. The first kappa shape index (κ1) is 20.9. The van der Waals surface area contributed by atoms with Crippen LogP contribution in [0.5, 0.6) is 0 Å². The number of hydrogen-bond acceptors (Lipinski definition) is 2. The van der Waals surface area contributed by atoms with Crippen molar-refractivity contribution in [3.8, 4) is 11.8 Å². The van der Waals surface area contributed by atoms with Crippen LogP contribution in [0.1, 0.15) is 22.5 Å². The van der Waals surface area contributed by atoms with E-state index in [1.165, 1.54) is 0 Å². The summed E-state index contributed by atoms with van der Waals surface area (Å²) < 4.78 is 3.10. The highest BCUT2D eigenvalue weighted by Crippen LogP contribution is 2.25. The molecule has 0 aliphatic heterocycles. The Morgan fingerprint density at radius 3 is 2.45 bits per heavy atom. The molecule has 0 atom stereocenters. The molecule has 1 amide bonds. The first-order valence-corrected chi connectivity index (χ1v) is 10.1. The third-order valence-corrected chi connectivity index (χ3v) is 5.42. The molecule has 2 aromatic carbocycles. The van der Waals surface area contributed by atoms with Gasteiger partial charge in [0.15, 0.2) is 0 Å². The van der Waals surface area contributed by atoms with E-state index in [1.54, 1.807) is 24.3 Å². The molecule has 3 rings (SSSR count). The van der Waals surface area contributed by atoms with Gasteiger partial charge in [0.25, 0.3) is 5.91 Å². The molecular formula is C23H19BrClN3O. The van der Waals surface area contributed by atoms with Gasteiger partial charge >= 0.3 is 0 Å². The molecule has 0 unspecified atom stereocenters. The van der Waals surface area contributed by atoms with Gasteiger partial charge in [-0.2, -0.15) is 5.26 Å². The molecule has 0 spiro atoms. The minimum absolute atomic E-state index is 0.0374. The Labute approximate surface area is 183 Å². The fourth-order valence-corrected chi connectivity index (χ4v) is 3.67. The van der Waals surface area contributed by atoms with Gasteiger partial charge in [0.2, 0.25) is 0 Å². The third-order valence-electron chi connectivity index (χ3n) is 4.66. The number of halogens is 2. The number of aryl methyl sites for hydroxylation is 2. The topological polar surface area (TPSA) is 57.8 Å². The predicted molar refractivity (Wildman–Crippen MR) is 121 cm³/mol. The number of aromatic nitrogens is 1. The summed E-state index contributed by atoms with van der Waals surface area (Å²) in [5.41, 5.74) is 5.30. The van der Waals surface area contributed by atoms with E-state index in [0.717, 1.165) is 32.7 Å². The summed E-state index contributed by atoms with van der Waals surface area (Å²) in [6.45, 7) is 5.82. The van der Waals surface area contributed by atoms with Gasteiger partial charge in [0, 0.05) is 32.3 Å². The van der Waals surface area contributed by atoms with E-state index < -0.39 is 5.91 Å². The van der Waals surface area contributed by atoms with E-state index in [0.29, 0.717) is 10.7 Å². The maximum atomic E-state index is 12.6. The van der Waals surface area contributed by atoms with Crippen LogP contribution in [0, 0.1) is 32.1 Å². The summed E-state index contributed by atoms with van der Waals surface area (Å²) >= 11 is 9.41. The number of benzene rings is 2. The second kappa shape index (κ2) is 8.69. The number of anilines is 1. The van der Waals surface area contributed by atoms with E-state index in [1.807, 2.05) is 57.2 Å². The molecule has 0 saturated carbocycles. The second-order valence-corrected chi connectivity index (χ2v) is 8.07. The fourth-order valence-electron chi connectivity index (χ4n) is 3.18. The van der Waals surface area contributed by atoms with E-state index in [9.17, 15) is 10.1 Å². The van der Waals surface area contributed by atoms with Gasteiger partial charge in [-0.1, -0.05) is 27.5 Å². The van der Waals surface area contributed by atoms with Gasteiger partial charge in [0.05, 0.1) is 0 Å². The minimum atomic E-state index is -0.452. The van der Waals surface area contributed by atoms with Gasteiger partial charge < -0.3 is 9.88 Å². The molecule has 29 heavy (non-hydrogen) atoms. The molecule has 1 N–H and O–H groups in total. The molecule has 0 fully saturated rings. The third kappa shape index (κ3) is 4.61. The molecule has 6 heteroatoms. The lowest BCUT2D eigenvalue weighted by molar-refractivity contribution is -0.112. The van der Waals surface area contributed by atoms with Crippen LogP contribution < -0.4 is 5.32 Å². The van der Waals surface area contributed by atoms with E-state index in [4.69, 9.17) is 11.6 Å². The Balaban J connectivity index is 1.93. The van der Waals surface area contributed by atoms with Crippen LogP contribution in [0.2, 0.25) is 5.02 Å². The van der Waals surface area contributed by atoms with Crippen molar-refractivity contribution in [1.29, 1.82) is 5.26 Å². The van der Waals surface area contributed by atoms with Gasteiger partial charge in [-0.25, -0.2) is 0 Å². The van der Waals surface area contributed by atoms with Crippen LogP contribution in [-0.4, -0.2) is 10.5 Å². The van der Waals surface area contributed by atoms with E-state index in [-0.39, 0.29) is 5.57 Å². The normalized spacial score (nSPS) is 11.2. The van der Waals surface area contributed by atoms with Crippen molar-refractivity contribution in [2.45, 2.75) is 20.8 Å². The molecule has 4 nitrogen and oxygen atoms in total. The molecule has 0 aliphatic carbocycles. The predicted octanol–water partition coefficient (Wildman–Crippen LogP) is 6.36. The summed E-state index contributed by atoms with van der Waals surface area (Å²) in [6, 6.07) is 17.2. The van der Waals surface area contributed by atoms with Gasteiger partial charge in [-0.3, -0.25) is 4.79 Å². The van der Waals surface area contributed by atoms with Crippen molar-refractivity contribution in [3.63, 3.8) is 0 Å². The number of carbonyl (C=O) groups excluding carboxylic acids is 1. The first-order valence-electron chi connectivity index (χ1n) is 8.94. The van der Waals surface area contributed by atoms with Crippen LogP contribution in [-0.2, 0) is 4.79 Å². The van der Waals surface area contributed by atoms with Crippen LogP contribution in [0.25, 0.3) is 11.8 Å². The number of carbonyl (C=O) groups is 1. The quantitative estimate of drug-likeness (QED) is 0.357. The van der Waals surface area contributed by atoms with Crippen molar-refractivity contribution < 1.29 is 4.79 Å². The molecule has 0 saturated heterocycles. The zero-order chi connectivity index (χ0) is 21.1. The summed E-state index contributed by atoms with van der Waals surface area (Å²) in [4.78, 5) is 12.6. The summed E-state index contributed by atoms with van der Waals surface area (Å²) in [7, 11) is 0. The second-order valence-electron chi connectivity index (χ2n) is 6.72. The van der Waals surface area contributed by atoms with Crippen molar-refractivity contribution >= 4 is 45.2 Å². The Morgan fingerprint density at radius 2 is 1.83 bits per heavy atom. The lowest BCUT2D eigenvalue weighted by Crippen LogP contribution is -2.14. The highest BCUT2D eigenvalue weighted by molar-refractivity contribution is 9.10. The molecule has 3 aromatic rings. The molecule has 1 heterocycles. The maximum absolute atomic E-state index is 12.6. The zero-order valence-corrected chi connectivity index (χ0v) is 18.6. The monoisotopic (exact) mass is 467 g/mol. The lowest BCUT2D eigenvalue weighted by Gasteiger charge is -2.10. The maximum Gasteiger partial charge on any atom is 0.266 e. The molecular weight excluding hydrogens is 450 g/mol. The summed E-state index contributed by atoms with van der Waals surface area (Å²) in [5, 5.41) is 12.9. The Kier molecular flexibility index (Phi) is 6.26. The van der Waals surface area contributed by atoms with E-state index in [2.05, 4.69) is 25.8 Å². The van der Waals surface area contributed by atoms with Crippen LogP contribution in [0.15, 0.2) is 58.6 Å². The fraction of sp³-hybridized carbons (Fsp3) is 0.130. The molecule has 0 aliphatic rings. The SMILES string of the molecule is Cc1cc(Cl)ccc1NC(=O)/C(C#N)=C/c1cc(C)n(-c2ccc(Br)cc2)c1C. The molecule has 0 radical (unpaired) electrons. The van der Waals surface area contributed by atoms with Gasteiger partial charge in [0.1, 0.15) is 11.6 Å². The Morgan fingerprint density at radius 1 is 1.14 bits per heavy atom. The minimum Gasteiger partial charge on any atom is -0.321 e. The molecule has 1 aromatic heterocycles. The smallest absolute Gasteiger partial charge is 0.266 e.